The molecule has 0 spiro atoms. The molecule has 0 unspecified atom stereocenters. The third-order valence-corrected chi connectivity index (χ3v) is 2.87. The Balaban J connectivity index is 2.23. The van der Waals surface area contributed by atoms with Crippen LogP contribution in [0.15, 0.2) is 40.6 Å². The number of thiazole rings is 1. The molecule has 0 aliphatic rings. The Morgan fingerprint density at radius 2 is 2.21 bits per heavy atom. The summed E-state index contributed by atoms with van der Waals surface area (Å²) in [5, 5.41) is 3.88. The number of hydrogen-bond donors (Lipinski definition) is 0. The number of nitrogens with zero attached hydrogens (tertiary/aromatic N) is 2. The Morgan fingerprint density at radius 3 is 3.07 bits per heavy atom. The van der Waals surface area contributed by atoms with E-state index in [2.05, 4.69) is 16.2 Å². The quantitative estimate of drug-likeness (QED) is 0.609. The van der Waals surface area contributed by atoms with Crippen molar-refractivity contribution in [1.29, 1.82) is 0 Å². The fourth-order valence-electron chi connectivity index (χ4n) is 1.38. The van der Waals surface area contributed by atoms with E-state index in [0.29, 0.717) is 0 Å². The van der Waals surface area contributed by atoms with E-state index in [-0.39, 0.29) is 0 Å². The van der Waals surface area contributed by atoms with Crippen LogP contribution in [0.4, 0.5) is 0 Å². The summed E-state index contributed by atoms with van der Waals surface area (Å²) in [5.74, 6) is 0. The third kappa shape index (κ3) is 1.12. The molecule has 3 aromatic rings. The minimum absolute atomic E-state index is 0.847. The molecule has 0 saturated heterocycles. The standard InChI is InChI=1S/C10H6N2OS/c1-2-10-9(11-6-14-10)5-7(1)8-3-4-13-12-8/h1-6H. The van der Waals surface area contributed by atoms with Crippen molar-refractivity contribution in [3.63, 3.8) is 0 Å². The molecule has 3 nitrogen and oxygen atoms in total. The van der Waals surface area contributed by atoms with E-state index in [1.807, 2.05) is 23.7 Å². The van der Waals surface area contributed by atoms with Gasteiger partial charge in [0.25, 0.3) is 0 Å². The molecule has 0 radical (unpaired) electrons. The first-order valence-electron chi connectivity index (χ1n) is 4.17. The fraction of sp³-hybridized carbons (Fsp3) is 0. The molecule has 2 aromatic heterocycles. The van der Waals surface area contributed by atoms with E-state index in [1.165, 1.54) is 4.70 Å². The Kier molecular flexibility index (Phi) is 1.61. The largest absolute Gasteiger partial charge is 0.364 e. The Hall–Kier alpha value is -1.68. The summed E-state index contributed by atoms with van der Waals surface area (Å²) in [5.41, 5.74) is 4.74. The molecule has 0 bridgehead atoms. The first-order valence-corrected chi connectivity index (χ1v) is 5.05. The van der Waals surface area contributed by atoms with Gasteiger partial charge in [-0.25, -0.2) is 4.98 Å². The molecule has 0 aliphatic heterocycles. The van der Waals surface area contributed by atoms with Crippen molar-refractivity contribution in [2.75, 3.05) is 0 Å². The van der Waals surface area contributed by atoms with E-state index in [9.17, 15) is 0 Å². The molecule has 0 fully saturated rings. The van der Waals surface area contributed by atoms with E-state index >= 15 is 0 Å². The minimum Gasteiger partial charge on any atom is -0.364 e. The topological polar surface area (TPSA) is 38.9 Å². The summed E-state index contributed by atoms with van der Waals surface area (Å²) in [7, 11) is 0. The van der Waals surface area contributed by atoms with Gasteiger partial charge < -0.3 is 4.52 Å². The Bertz CT molecular complexity index is 556. The second-order valence-corrected chi connectivity index (χ2v) is 3.81. The number of aromatic nitrogens is 2. The minimum atomic E-state index is 0.847. The van der Waals surface area contributed by atoms with Gasteiger partial charge in [0, 0.05) is 11.6 Å². The van der Waals surface area contributed by atoms with Gasteiger partial charge in [0.05, 0.1) is 15.7 Å². The highest BCUT2D eigenvalue weighted by Crippen LogP contribution is 2.24. The lowest BCUT2D eigenvalue weighted by Gasteiger charge is -1.94. The molecule has 3 rings (SSSR count). The first-order chi connectivity index (χ1) is 6.93. The van der Waals surface area contributed by atoms with Crippen molar-refractivity contribution in [2.45, 2.75) is 0 Å². The summed E-state index contributed by atoms with van der Waals surface area (Å²) in [4.78, 5) is 4.25. The molecular formula is C10H6N2OS. The molecule has 0 aliphatic carbocycles. The van der Waals surface area contributed by atoms with Gasteiger partial charge in [-0.3, -0.25) is 0 Å². The summed E-state index contributed by atoms with van der Waals surface area (Å²) in [6.45, 7) is 0. The van der Waals surface area contributed by atoms with Crippen LogP contribution >= 0.6 is 11.3 Å². The summed E-state index contributed by atoms with van der Waals surface area (Å²) < 4.78 is 5.99. The van der Waals surface area contributed by atoms with E-state index in [1.54, 1.807) is 17.6 Å². The Morgan fingerprint density at radius 1 is 1.21 bits per heavy atom. The predicted octanol–water partition coefficient (Wildman–Crippen LogP) is 2.95. The van der Waals surface area contributed by atoms with Crippen molar-refractivity contribution in [1.82, 2.24) is 10.1 Å². The van der Waals surface area contributed by atoms with Crippen LogP contribution in [0.1, 0.15) is 0 Å². The zero-order valence-electron chi connectivity index (χ0n) is 7.18. The Labute approximate surface area is 84.0 Å². The van der Waals surface area contributed by atoms with Crippen LogP contribution < -0.4 is 0 Å². The van der Waals surface area contributed by atoms with Crippen LogP contribution in [0.2, 0.25) is 0 Å². The zero-order chi connectivity index (χ0) is 9.38. The van der Waals surface area contributed by atoms with E-state index < -0.39 is 0 Å². The number of benzene rings is 1. The van der Waals surface area contributed by atoms with Gasteiger partial charge in [-0.05, 0) is 12.1 Å². The van der Waals surface area contributed by atoms with Gasteiger partial charge in [-0.15, -0.1) is 11.3 Å². The third-order valence-electron chi connectivity index (χ3n) is 2.06. The molecule has 2 heterocycles. The lowest BCUT2D eigenvalue weighted by atomic mass is 10.1. The lowest BCUT2D eigenvalue weighted by Crippen LogP contribution is -1.76. The van der Waals surface area contributed by atoms with Gasteiger partial charge in [-0.2, -0.15) is 0 Å². The molecule has 0 saturated carbocycles. The number of hydrogen-bond acceptors (Lipinski definition) is 4. The number of rotatable bonds is 1. The normalized spacial score (nSPS) is 10.9. The van der Waals surface area contributed by atoms with Gasteiger partial charge in [0.2, 0.25) is 0 Å². The maximum atomic E-state index is 4.79. The van der Waals surface area contributed by atoms with Crippen LogP contribution in [0.5, 0.6) is 0 Å². The zero-order valence-corrected chi connectivity index (χ0v) is 7.99. The molecular weight excluding hydrogens is 196 g/mol. The lowest BCUT2D eigenvalue weighted by molar-refractivity contribution is 0.422. The molecule has 0 atom stereocenters. The van der Waals surface area contributed by atoms with Gasteiger partial charge in [0.15, 0.2) is 0 Å². The van der Waals surface area contributed by atoms with Gasteiger partial charge >= 0.3 is 0 Å². The van der Waals surface area contributed by atoms with Crippen LogP contribution in [-0.2, 0) is 0 Å². The molecule has 4 heteroatoms. The van der Waals surface area contributed by atoms with Crippen molar-refractivity contribution in [2.24, 2.45) is 0 Å². The maximum absolute atomic E-state index is 4.79. The molecule has 0 amide bonds. The number of fused-ring (bicyclic) bond motifs is 1. The van der Waals surface area contributed by atoms with Crippen LogP contribution in [-0.4, -0.2) is 10.1 Å². The summed E-state index contributed by atoms with van der Waals surface area (Å²) in [6.07, 6.45) is 1.57. The van der Waals surface area contributed by atoms with Crippen molar-refractivity contribution in [3.8, 4) is 11.3 Å². The second-order valence-electron chi connectivity index (χ2n) is 2.92. The van der Waals surface area contributed by atoms with Crippen LogP contribution in [0.3, 0.4) is 0 Å². The highest BCUT2D eigenvalue weighted by atomic mass is 32.1. The fourth-order valence-corrected chi connectivity index (χ4v) is 2.04. The molecule has 14 heavy (non-hydrogen) atoms. The highest BCUT2D eigenvalue weighted by molar-refractivity contribution is 7.16. The van der Waals surface area contributed by atoms with Crippen LogP contribution in [0.25, 0.3) is 21.5 Å². The maximum Gasteiger partial charge on any atom is 0.124 e. The predicted molar refractivity (Wildman–Crippen MR) is 55.1 cm³/mol. The highest BCUT2D eigenvalue weighted by Gasteiger charge is 2.03. The monoisotopic (exact) mass is 202 g/mol. The summed E-state index contributed by atoms with van der Waals surface area (Å²) >= 11 is 1.64. The first kappa shape index (κ1) is 7.70. The van der Waals surface area contributed by atoms with Crippen molar-refractivity contribution in [3.05, 3.63) is 36.0 Å². The SMILES string of the molecule is c1cc(-c2ccc3scnc3c2)no1. The summed E-state index contributed by atoms with van der Waals surface area (Å²) in [6, 6.07) is 7.94. The van der Waals surface area contributed by atoms with Crippen molar-refractivity contribution >= 4 is 21.6 Å². The smallest absolute Gasteiger partial charge is 0.124 e. The van der Waals surface area contributed by atoms with Crippen molar-refractivity contribution < 1.29 is 4.52 Å². The van der Waals surface area contributed by atoms with Gasteiger partial charge in [0.1, 0.15) is 12.0 Å². The van der Waals surface area contributed by atoms with Crippen LogP contribution in [0, 0.1) is 0 Å². The van der Waals surface area contributed by atoms with E-state index in [4.69, 9.17) is 4.52 Å². The molecule has 68 valence electrons. The van der Waals surface area contributed by atoms with E-state index in [0.717, 1.165) is 16.8 Å². The van der Waals surface area contributed by atoms with Gasteiger partial charge in [-0.1, -0.05) is 11.2 Å². The molecule has 1 aromatic carbocycles. The molecule has 0 N–H and O–H groups in total. The average Bonchev–Trinajstić information content (AvgIpc) is 2.88. The second kappa shape index (κ2) is 2.92. The average molecular weight is 202 g/mol.